The molecular weight excluding hydrogens is 258 g/mol. The first-order valence-corrected chi connectivity index (χ1v) is 6.84. The van der Waals surface area contributed by atoms with E-state index in [1.165, 1.54) is 20.0 Å². The molecule has 0 radical (unpaired) electrons. The summed E-state index contributed by atoms with van der Waals surface area (Å²) in [5.41, 5.74) is -0.121. The van der Waals surface area contributed by atoms with Gasteiger partial charge in [-0.05, 0) is 33.6 Å². The van der Waals surface area contributed by atoms with E-state index in [1.807, 2.05) is 11.6 Å². The van der Waals surface area contributed by atoms with Crippen molar-refractivity contribution in [2.75, 3.05) is 0 Å². The zero-order chi connectivity index (χ0) is 15.5. The van der Waals surface area contributed by atoms with Crippen LogP contribution in [-0.2, 0) is 4.79 Å². The Morgan fingerprint density at radius 3 is 2.40 bits per heavy atom. The standard InChI is InChI=1S/C14H23N3O3/c1-6-10(7-2)17-9(3)11(8-15-17)12(18)16-14(4,5)13(19)20/h8,10H,6-7H2,1-5H3,(H,16,18)(H,19,20). The second-order valence-corrected chi connectivity index (χ2v) is 5.44. The minimum absolute atomic E-state index is 0.254. The van der Waals surface area contributed by atoms with Crippen LogP contribution in [0.2, 0.25) is 0 Å². The van der Waals surface area contributed by atoms with Gasteiger partial charge in [-0.3, -0.25) is 9.48 Å². The predicted molar refractivity (Wildman–Crippen MR) is 75.8 cm³/mol. The molecule has 0 saturated heterocycles. The lowest BCUT2D eigenvalue weighted by molar-refractivity contribution is -0.143. The van der Waals surface area contributed by atoms with Crippen molar-refractivity contribution in [3.8, 4) is 0 Å². The van der Waals surface area contributed by atoms with Crippen molar-refractivity contribution < 1.29 is 14.7 Å². The number of nitrogens with one attached hydrogen (secondary N) is 1. The second kappa shape index (κ2) is 6.07. The van der Waals surface area contributed by atoms with Crippen LogP contribution in [0.25, 0.3) is 0 Å². The molecule has 0 bridgehead atoms. The van der Waals surface area contributed by atoms with Crippen LogP contribution in [0, 0.1) is 6.92 Å². The largest absolute Gasteiger partial charge is 0.480 e. The Labute approximate surface area is 119 Å². The summed E-state index contributed by atoms with van der Waals surface area (Å²) in [4.78, 5) is 23.2. The van der Waals surface area contributed by atoms with Crippen LogP contribution in [0.15, 0.2) is 6.20 Å². The normalized spacial score (nSPS) is 11.7. The van der Waals surface area contributed by atoms with E-state index in [0.717, 1.165) is 18.5 Å². The minimum atomic E-state index is -1.31. The van der Waals surface area contributed by atoms with Gasteiger partial charge in [-0.1, -0.05) is 13.8 Å². The van der Waals surface area contributed by atoms with E-state index in [4.69, 9.17) is 5.11 Å². The number of hydrogen-bond acceptors (Lipinski definition) is 3. The Morgan fingerprint density at radius 1 is 1.40 bits per heavy atom. The molecule has 2 N–H and O–H groups in total. The van der Waals surface area contributed by atoms with Crippen LogP contribution in [-0.4, -0.2) is 32.3 Å². The van der Waals surface area contributed by atoms with Crippen molar-refractivity contribution in [1.29, 1.82) is 0 Å². The minimum Gasteiger partial charge on any atom is -0.480 e. The van der Waals surface area contributed by atoms with E-state index in [1.54, 1.807) is 0 Å². The molecule has 6 nitrogen and oxygen atoms in total. The molecule has 1 heterocycles. The molecule has 112 valence electrons. The first-order valence-electron chi connectivity index (χ1n) is 6.84. The molecule has 1 aromatic heterocycles. The molecule has 0 aliphatic heterocycles. The van der Waals surface area contributed by atoms with Gasteiger partial charge in [0, 0.05) is 5.69 Å². The summed E-state index contributed by atoms with van der Waals surface area (Å²) in [6.07, 6.45) is 3.36. The molecule has 0 aromatic carbocycles. The fraction of sp³-hybridized carbons (Fsp3) is 0.643. The summed E-state index contributed by atoms with van der Waals surface area (Å²) < 4.78 is 1.84. The Kier molecular flexibility index (Phi) is 4.92. The molecule has 1 rings (SSSR count). The number of carboxylic acid groups (broad SMARTS) is 1. The average Bonchev–Trinajstić information content (AvgIpc) is 2.73. The highest BCUT2D eigenvalue weighted by Crippen LogP contribution is 2.19. The molecule has 0 spiro atoms. The highest BCUT2D eigenvalue weighted by molar-refractivity contribution is 5.98. The lowest BCUT2D eigenvalue weighted by Crippen LogP contribution is -2.49. The maximum absolute atomic E-state index is 12.2. The quantitative estimate of drug-likeness (QED) is 0.836. The van der Waals surface area contributed by atoms with Crippen molar-refractivity contribution in [2.45, 2.75) is 59.0 Å². The van der Waals surface area contributed by atoms with E-state index >= 15 is 0 Å². The maximum atomic E-state index is 12.2. The van der Waals surface area contributed by atoms with Crippen molar-refractivity contribution in [3.05, 3.63) is 17.5 Å². The van der Waals surface area contributed by atoms with Gasteiger partial charge in [0.05, 0.1) is 17.8 Å². The van der Waals surface area contributed by atoms with Gasteiger partial charge in [0.1, 0.15) is 5.54 Å². The van der Waals surface area contributed by atoms with Crippen molar-refractivity contribution in [1.82, 2.24) is 15.1 Å². The van der Waals surface area contributed by atoms with Crippen LogP contribution in [0.1, 0.15) is 62.6 Å². The molecule has 0 aliphatic rings. The van der Waals surface area contributed by atoms with Gasteiger partial charge >= 0.3 is 5.97 Å². The zero-order valence-electron chi connectivity index (χ0n) is 12.7. The van der Waals surface area contributed by atoms with Crippen LogP contribution in [0.3, 0.4) is 0 Å². The zero-order valence-corrected chi connectivity index (χ0v) is 12.7. The van der Waals surface area contributed by atoms with Gasteiger partial charge in [-0.2, -0.15) is 5.10 Å². The number of carbonyl (C=O) groups excluding carboxylic acids is 1. The Bertz CT molecular complexity index is 502. The Morgan fingerprint density at radius 2 is 1.95 bits per heavy atom. The second-order valence-electron chi connectivity index (χ2n) is 5.44. The summed E-state index contributed by atoms with van der Waals surface area (Å²) in [6.45, 7) is 8.88. The predicted octanol–water partition coefficient (Wildman–Crippen LogP) is 2.15. The number of rotatable bonds is 6. The number of carboxylic acids is 1. The highest BCUT2D eigenvalue weighted by atomic mass is 16.4. The molecule has 20 heavy (non-hydrogen) atoms. The van der Waals surface area contributed by atoms with E-state index in [0.29, 0.717) is 5.56 Å². The van der Waals surface area contributed by atoms with Gasteiger partial charge in [0.25, 0.3) is 5.91 Å². The number of aromatic nitrogens is 2. The third-order valence-electron chi connectivity index (χ3n) is 3.54. The smallest absolute Gasteiger partial charge is 0.328 e. The van der Waals surface area contributed by atoms with Gasteiger partial charge < -0.3 is 10.4 Å². The summed E-state index contributed by atoms with van der Waals surface area (Å²) in [5.74, 6) is -1.48. The monoisotopic (exact) mass is 281 g/mol. The Balaban J connectivity index is 2.99. The molecule has 1 aromatic rings. The van der Waals surface area contributed by atoms with E-state index in [2.05, 4.69) is 24.3 Å². The summed E-state index contributed by atoms with van der Waals surface area (Å²) >= 11 is 0. The fourth-order valence-corrected chi connectivity index (χ4v) is 2.05. The molecule has 0 atom stereocenters. The number of carbonyl (C=O) groups is 2. The van der Waals surface area contributed by atoms with Crippen LogP contribution in [0.5, 0.6) is 0 Å². The first-order chi connectivity index (χ1) is 9.24. The molecule has 1 amide bonds. The summed E-state index contributed by atoms with van der Waals surface area (Å²) in [6, 6.07) is 0.254. The molecule has 0 fully saturated rings. The van der Waals surface area contributed by atoms with Crippen LogP contribution in [0.4, 0.5) is 0 Å². The molecule has 0 saturated carbocycles. The van der Waals surface area contributed by atoms with Crippen molar-refractivity contribution in [3.63, 3.8) is 0 Å². The molecule has 6 heteroatoms. The van der Waals surface area contributed by atoms with Gasteiger partial charge in [-0.15, -0.1) is 0 Å². The highest BCUT2D eigenvalue weighted by Gasteiger charge is 2.30. The lowest BCUT2D eigenvalue weighted by Gasteiger charge is -2.21. The van der Waals surface area contributed by atoms with Crippen LogP contribution < -0.4 is 5.32 Å². The Hall–Kier alpha value is -1.85. The van der Waals surface area contributed by atoms with Crippen molar-refractivity contribution in [2.24, 2.45) is 0 Å². The van der Waals surface area contributed by atoms with Gasteiger partial charge in [-0.25, -0.2) is 4.79 Å². The fourth-order valence-electron chi connectivity index (χ4n) is 2.05. The van der Waals surface area contributed by atoms with E-state index in [9.17, 15) is 9.59 Å². The third kappa shape index (κ3) is 3.18. The lowest BCUT2D eigenvalue weighted by atomic mass is 10.1. The summed E-state index contributed by atoms with van der Waals surface area (Å²) in [7, 11) is 0. The van der Waals surface area contributed by atoms with Gasteiger partial charge in [0.15, 0.2) is 0 Å². The SMILES string of the molecule is CCC(CC)n1ncc(C(=O)NC(C)(C)C(=O)O)c1C. The first kappa shape index (κ1) is 16.2. The van der Waals surface area contributed by atoms with E-state index < -0.39 is 17.4 Å². The average molecular weight is 281 g/mol. The third-order valence-corrected chi connectivity index (χ3v) is 3.54. The maximum Gasteiger partial charge on any atom is 0.328 e. The van der Waals surface area contributed by atoms with E-state index in [-0.39, 0.29) is 6.04 Å². The molecule has 0 aliphatic carbocycles. The number of aliphatic carboxylic acids is 1. The summed E-state index contributed by atoms with van der Waals surface area (Å²) in [5, 5.41) is 15.8. The van der Waals surface area contributed by atoms with Crippen molar-refractivity contribution >= 4 is 11.9 Å². The topological polar surface area (TPSA) is 84.2 Å². The molecular formula is C14H23N3O3. The molecule has 0 unspecified atom stereocenters. The number of nitrogens with zero attached hydrogens (tertiary/aromatic N) is 2. The number of amides is 1. The number of hydrogen-bond donors (Lipinski definition) is 2. The van der Waals surface area contributed by atoms with Crippen LogP contribution >= 0.6 is 0 Å². The van der Waals surface area contributed by atoms with Gasteiger partial charge in [0.2, 0.25) is 0 Å².